The number of carbonyl (C=O) groups excluding carboxylic acids is 1. The normalized spacial score (nSPS) is 12.2. The highest BCUT2D eigenvalue weighted by Crippen LogP contribution is 2.23. The molecular formula is C11H14Br2N2O. The zero-order chi connectivity index (χ0) is 12.1. The van der Waals surface area contributed by atoms with Gasteiger partial charge in [0.15, 0.2) is 0 Å². The average Bonchev–Trinajstić information content (AvgIpc) is 2.29. The highest BCUT2D eigenvalue weighted by atomic mass is 79.9. The van der Waals surface area contributed by atoms with Crippen LogP contribution in [0.3, 0.4) is 0 Å². The minimum absolute atomic E-state index is 0.00354. The Morgan fingerprint density at radius 1 is 1.38 bits per heavy atom. The third kappa shape index (κ3) is 3.88. The van der Waals surface area contributed by atoms with Crippen molar-refractivity contribution in [3.05, 3.63) is 32.7 Å². The summed E-state index contributed by atoms with van der Waals surface area (Å²) in [6.45, 7) is 2.51. The smallest absolute Gasteiger partial charge is 0.236 e. The van der Waals surface area contributed by atoms with E-state index in [2.05, 4.69) is 42.5 Å². The lowest BCUT2D eigenvalue weighted by molar-refractivity contribution is -0.122. The summed E-state index contributed by atoms with van der Waals surface area (Å²) in [5.74, 6) is -0.00354. The maximum absolute atomic E-state index is 11.3. The van der Waals surface area contributed by atoms with E-state index in [1.54, 1.807) is 7.05 Å². The Kier molecular flexibility index (Phi) is 5.44. The number of carbonyl (C=O) groups is 1. The molecule has 2 N–H and O–H groups in total. The number of likely N-dealkylation sites (N-methyl/N-ethyl adjacent to an activating group) is 1. The lowest BCUT2D eigenvalue weighted by Crippen LogP contribution is -2.40. The van der Waals surface area contributed by atoms with E-state index in [0.717, 1.165) is 14.5 Å². The van der Waals surface area contributed by atoms with Crippen LogP contribution in [-0.4, -0.2) is 19.0 Å². The molecule has 0 spiro atoms. The summed E-state index contributed by atoms with van der Waals surface area (Å²) < 4.78 is 2.04. The van der Waals surface area contributed by atoms with Crippen LogP contribution in [0, 0.1) is 0 Å². The van der Waals surface area contributed by atoms with E-state index in [1.165, 1.54) is 0 Å². The van der Waals surface area contributed by atoms with Crippen LogP contribution in [0.1, 0.15) is 12.5 Å². The minimum atomic E-state index is -0.188. The van der Waals surface area contributed by atoms with Crippen LogP contribution in [0.5, 0.6) is 0 Å². The molecule has 88 valence electrons. The molecule has 0 saturated heterocycles. The first-order valence-corrected chi connectivity index (χ1v) is 6.52. The van der Waals surface area contributed by atoms with Crippen LogP contribution in [-0.2, 0) is 11.3 Å². The molecule has 0 aromatic heterocycles. The summed E-state index contributed by atoms with van der Waals surface area (Å²) in [6.07, 6.45) is 0. The molecule has 16 heavy (non-hydrogen) atoms. The summed E-state index contributed by atoms with van der Waals surface area (Å²) in [7, 11) is 1.64. The number of hydrogen-bond acceptors (Lipinski definition) is 2. The molecule has 0 aliphatic rings. The maximum atomic E-state index is 11.3. The van der Waals surface area contributed by atoms with E-state index in [1.807, 2.05) is 25.1 Å². The molecular weight excluding hydrogens is 336 g/mol. The number of hydrogen-bond donors (Lipinski definition) is 2. The summed E-state index contributed by atoms with van der Waals surface area (Å²) in [5, 5.41) is 5.75. The predicted molar refractivity (Wildman–Crippen MR) is 72.2 cm³/mol. The van der Waals surface area contributed by atoms with Crippen molar-refractivity contribution in [2.75, 3.05) is 7.05 Å². The van der Waals surface area contributed by atoms with Gasteiger partial charge in [0.2, 0.25) is 5.91 Å². The minimum Gasteiger partial charge on any atom is -0.358 e. The quantitative estimate of drug-likeness (QED) is 0.876. The third-order valence-electron chi connectivity index (χ3n) is 2.24. The van der Waals surface area contributed by atoms with E-state index in [9.17, 15) is 4.79 Å². The molecule has 1 amide bonds. The monoisotopic (exact) mass is 348 g/mol. The number of rotatable bonds is 4. The van der Waals surface area contributed by atoms with Crippen molar-refractivity contribution < 1.29 is 4.79 Å². The van der Waals surface area contributed by atoms with Gasteiger partial charge in [-0.05, 0) is 56.5 Å². The fraction of sp³-hybridized carbons (Fsp3) is 0.364. The van der Waals surface area contributed by atoms with E-state index < -0.39 is 0 Å². The van der Waals surface area contributed by atoms with Crippen LogP contribution < -0.4 is 10.6 Å². The zero-order valence-corrected chi connectivity index (χ0v) is 12.4. The first-order chi connectivity index (χ1) is 7.54. The highest BCUT2D eigenvalue weighted by molar-refractivity contribution is 9.13. The second kappa shape index (κ2) is 6.37. The summed E-state index contributed by atoms with van der Waals surface area (Å²) in [4.78, 5) is 11.3. The van der Waals surface area contributed by atoms with Crippen LogP contribution in [0.25, 0.3) is 0 Å². The van der Waals surface area contributed by atoms with E-state index in [0.29, 0.717) is 6.54 Å². The van der Waals surface area contributed by atoms with Crippen molar-refractivity contribution >= 4 is 37.8 Å². The van der Waals surface area contributed by atoms with Crippen molar-refractivity contribution in [1.29, 1.82) is 0 Å². The Balaban J connectivity index is 2.55. The van der Waals surface area contributed by atoms with Crippen LogP contribution in [0.2, 0.25) is 0 Å². The van der Waals surface area contributed by atoms with Gasteiger partial charge in [0.05, 0.1) is 6.04 Å². The van der Waals surface area contributed by atoms with E-state index >= 15 is 0 Å². The van der Waals surface area contributed by atoms with Gasteiger partial charge >= 0.3 is 0 Å². The van der Waals surface area contributed by atoms with Gasteiger partial charge in [0, 0.05) is 22.5 Å². The van der Waals surface area contributed by atoms with Gasteiger partial charge in [-0.2, -0.15) is 0 Å². The molecule has 1 aromatic carbocycles. The lowest BCUT2D eigenvalue weighted by Gasteiger charge is -2.12. The topological polar surface area (TPSA) is 41.1 Å². The van der Waals surface area contributed by atoms with Gasteiger partial charge < -0.3 is 10.6 Å². The number of benzene rings is 1. The van der Waals surface area contributed by atoms with Gasteiger partial charge in [-0.15, -0.1) is 0 Å². The molecule has 0 heterocycles. The van der Waals surface area contributed by atoms with Gasteiger partial charge in [0.25, 0.3) is 0 Å². The van der Waals surface area contributed by atoms with Crippen molar-refractivity contribution in [1.82, 2.24) is 10.6 Å². The van der Waals surface area contributed by atoms with Crippen molar-refractivity contribution in [2.24, 2.45) is 0 Å². The SMILES string of the molecule is CNC(=O)C(C)NCc1ccc(Br)c(Br)c1. The second-order valence-electron chi connectivity index (χ2n) is 3.47. The first kappa shape index (κ1) is 13.7. The van der Waals surface area contributed by atoms with Gasteiger partial charge in [-0.25, -0.2) is 0 Å². The zero-order valence-electron chi connectivity index (χ0n) is 9.18. The molecule has 1 atom stereocenters. The molecule has 0 aliphatic carbocycles. The molecule has 1 aromatic rings. The first-order valence-electron chi connectivity index (χ1n) is 4.93. The fourth-order valence-electron chi connectivity index (χ4n) is 1.23. The van der Waals surface area contributed by atoms with Crippen LogP contribution >= 0.6 is 31.9 Å². The predicted octanol–water partition coefficient (Wildman–Crippen LogP) is 2.44. The second-order valence-corrected chi connectivity index (χ2v) is 5.17. The van der Waals surface area contributed by atoms with Gasteiger partial charge in [0.1, 0.15) is 0 Å². The lowest BCUT2D eigenvalue weighted by atomic mass is 10.2. The standard InChI is InChI=1S/C11H14Br2N2O/c1-7(11(16)14-2)15-6-8-3-4-9(12)10(13)5-8/h3-5,7,15H,6H2,1-2H3,(H,14,16). The third-order valence-corrected chi connectivity index (χ3v) is 4.12. The molecule has 0 fully saturated rings. The van der Waals surface area contributed by atoms with Gasteiger partial charge in [-0.3, -0.25) is 4.79 Å². The average molecular weight is 350 g/mol. The Morgan fingerprint density at radius 2 is 2.06 bits per heavy atom. The van der Waals surface area contributed by atoms with Crippen molar-refractivity contribution in [3.8, 4) is 0 Å². The molecule has 1 rings (SSSR count). The molecule has 1 unspecified atom stereocenters. The van der Waals surface area contributed by atoms with E-state index in [-0.39, 0.29) is 11.9 Å². The number of amides is 1. The van der Waals surface area contributed by atoms with Crippen LogP contribution in [0.15, 0.2) is 27.1 Å². The summed E-state index contributed by atoms with van der Waals surface area (Å²) in [6, 6.07) is 5.82. The summed E-state index contributed by atoms with van der Waals surface area (Å²) >= 11 is 6.85. The molecule has 0 bridgehead atoms. The Hall–Kier alpha value is -0.390. The van der Waals surface area contributed by atoms with E-state index in [4.69, 9.17) is 0 Å². The Bertz CT molecular complexity index is 382. The number of halogens is 2. The van der Waals surface area contributed by atoms with Crippen LogP contribution in [0.4, 0.5) is 0 Å². The molecule has 0 saturated carbocycles. The highest BCUT2D eigenvalue weighted by Gasteiger charge is 2.09. The van der Waals surface area contributed by atoms with Gasteiger partial charge in [-0.1, -0.05) is 6.07 Å². The van der Waals surface area contributed by atoms with Crippen molar-refractivity contribution in [2.45, 2.75) is 19.5 Å². The maximum Gasteiger partial charge on any atom is 0.236 e. The molecule has 5 heteroatoms. The molecule has 0 aliphatic heterocycles. The number of nitrogens with one attached hydrogen (secondary N) is 2. The summed E-state index contributed by atoms with van der Waals surface area (Å²) in [5.41, 5.74) is 1.13. The molecule has 3 nitrogen and oxygen atoms in total. The molecule has 0 radical (unpaired) electrons. The largest absolute Gasteiger partial charge is 0.358 e. The fourth-order valence-corrected chi connectivity index (χ4v) is 1.90. The Morgan fingerprint density at radius 3 is 2.62 bits per heavy atom. The van der Waals surface area contributed by atoms with Crippen molar-refractivity contribution in [3.63, 3.8) is 0 Å². The Labute approximate surface area is 112 Å².